The van der Waals surface area contributed by atoms with Gasteiger partial charge in [0, 0.05) is 17.5 Å². The molecule has 4 heteroatoms. The molecule has 0 aliphatic heterocycles. The number of nitrogens with zero attached hydrogens (tertiary/aromatic N) is 2. The molecule has 23 heavy (non-hydrogen) atoms. The first-order chi connectivity index (χ1) is 11.2. The second-order valence-corrected chi connectivity index (χ2v) is 6.86. The number of benzene rings is 1. The maximum atomic E-state index is 4.49. The highest BCUT2D eigenvalue weighted by molar-refractivity contribution is 7.17. The monoisotopic (exact) mass is 325 g/mol. The number of aryl methyl sites for hydroxylation is 2. The van der Waals surface area contributed by atoms with E-state index in [1.807, 2.05) is 0 Å². The molecule has 0 spiro atoms. The lowest BCUT2D eigenvalue weighted by molar-refractivity contribution is 0.742. The highest BCUT2D eigenvalue weighted by Gasteiger charge is 2.14. The van der Waals surface area contributed by atoms with Gasteiger partial charge in [-0.1, -0.05) is 43.5 Å². The predicted octanol–water partition coefficient (Wildman–Crippen LogP) is 5.58. The Labute approximate surface area is 141 Å². The van der Waals surface area contributed by atoms with Gasteiger partial charge in [0.25, 0.3) is 0 Å². The molecular formula is C19H23N3S. The number of unbranched alkanes of at least 4 members (excludes halogenated alkanes) is 2. The lowest BCUT2D eigenvalue weighted by atomic mass is 9.99. The Balaban J connectivity index is 2.01. The third-order valence-corrected chi connectivity index (χ3v) is 5.00. The van der Waals surface area contributed by atoms with Crippen molar-refractivity contribution in [3.8, 4) is 11.1 Å². The summed E-state index contributed by atoms with van der Waals surface area (Å²) in [5.41, 5.74) is 5.10. The van der Waals surface area contributed by atoms with Crippen molar-refractivity contribution in [2.24, 2.45) is 0 Å². The van der Waals surface area contributed by atoms with Gasteiger partial charge in [-0.05, 0) is 31.4 Å². The van der Waals surface area contributed by atoms with Gasteiger partial charge in [-0.25, -0.2) is 9.97 Å². The van der Waals surface area contributed by atoms with Crippen LogP contribution in [0.3, 0.4) is 0 Å². The number of aromatic nitrogens is 2. The minimum absolute atomic E-state index is 0.960. The lowest BCUT2D eigenvalue weighted by Crippen LogP contribution is -2.04. The number of hydrogen-bond donors (Lipinski definition) is 1. The van der Waals surface area contributed by atoms with E-state index in [1.54, 1.807) is 17.7 Å². The molecule has 3 rings (SSSR count). The average molecular weight is 325 g/mol. The average Bonchev–Trinajstić information content (AvgIpc) is 2.96. The topological polar surface area (TPSA) is 37.8 Å². The molecule has 0 atom stereocenters. The van der Waals surface area contributed by atoms with E-state index in [0.29, 0.717) is 0 Å². The minimum atomic E-state index is 0.960. The summed E-state index contributed by atoms with van der Waals surface area (Å²) >= 11 is 1.69. The zero-order valence-electron chi connectivity index (χ0n) is 14.0. The van der Waals surface area contributed by atoms with Crippen molar-refractivity contribution in [3.63, 3.8) is 0 Å². The largest absolute Gasteiger partial charge is 0.369 e. The van der Waals surface area contributed by atoms with Crippen LogP contribution in [0, 0.1) is 13.8 Å². The minimum Gasteiger partial charge on any atom is -0.369 e. The van der Waals surface area contributed by atoms with Crippen LogP contribution < -0.4 is 5.32 Å². The Morgan fingerprint density at radius 1 is 1.09 bits per heavy atom. The molecule has 0 saturated carbocycles. The van der Waals surface area contributed by atoms with E-state index < -0.39 is 0 Å². The van der Waals surface area contributed by atoms with Gasteiger partial charge in [0.1, 0.15) is 17.0 Å². The Bertz CT molecular complexity index is 807. The first-order valence-electron chi connectivity index (χ1n) is 8.24. The fourth-order valence-corrected chi connectivity index (χ4v) is 3.81. The van der Waals surface area contributed by atoms with Crippen molar-refractivity contribution in [1.82, 2.24) is 9.97 Å². The molecule has 120 valence electrons. The van der Waals surface area contributed by atoms with Gasteiger partial charge in [-0.2, -0.15) is 0 Å². The summed E-state index contributed by atoms with van der Waals surface area (Å²) in [4.78, 5) is 9.99. The third-order valence-electron chi connectivity index (χ3n) is 4.12. The Morgan fingerprint density at radius 2 is 1.96 bits per heavy atom. The number of fused-ring (bicyclic) bond motifs is 1. The quantitative estimate of drug-likeness (QED) is 0.601. The standard InChI is InChI=1S/C19H23N3S/c1-4-5-6-9-20-18-17-16(11-23-19(17)22-12-21-18)15-8-7-13(2)10-14(15)3/h7-8,10-12H,4-6,9H2,1-3H3,(H,20,21,22). The van der Waals surface area contributed by atoms with Gasteiger partial charge in [-0.3, -0.25) is 0 Å². The highest BCUT2D eigenvalue weighted by atomic mass is 32.1. The molecule has 0 fully saturated rings. The van der Waals surface area contributed by atoms with Crippen molar-refractivity contribution in [1.29, 1.82) is 0 Å². The predicted molar refractivity (Wildman–Crippen MR) is 100 cm³/mol. The molecule has 0 unspecified atom stereocenters. The Hall–Kier alpha value is -1.94. The number of anilines is 1. The SMILES string of the molecule is CCCCCNc1ncnc2scc(-c3ccc(C)cc3C)c12. The summed E-state index contributed by atoms with van der Waals surface area (Å²) in [6.45, 7) is 7.48. The lowest BCUT2D eigenvalue weighted by Gasteiger charge is -2.10. The van der Waals surface area contributed by atoms with Crippen LogP contribution in [0.15, 0.2) is 29.9 Å². The zero-order valence-corrected chi connectivity index (χ0v) is 14.8. The molecule has 2 aromatic heterocycles. The summed E-state index contributed by atoms with van der Waals surface area (Å²) in [7, 11) is 0. The first kappa shape index (κ1) is 15.9. The molecular weight excluding hydrogens is 302 g/mol. The van der Waals surface area contributed by atoms with Crippen LogP contribution in [0.4, 0.5) is 5.82 Å². The molecule has 0 radical (unpaired) electrons. The maximum Gasteiger partial charge on any atom is 0.138 e. The van der Waals surface area contributed by atoms with Gasteiger partial charge in [0.15, 0.2) is 0 Å². The fourth-order valence-electron chi connectivity index (χ4n) is 2.90. The van der Waals surface area contributed by atoms with Crippen molar-refractivity contribution in [2.45, 2.75) is 40.0 Å². The Morgan fingerprint density at radius 3 is 2.74 bits per heavy atom. The van der Waals surface area contributed by atoms with Gasteiger partial charge >= 0.3 is 0 Å². The summed E-state index contributed by atoms with van der Waals surface area (Å²) in [5, 5.41) is 6.86. The van der Waals surface area contributed by atoms with Crippen molar-refractivity contribution in [3.05, 3.63) is 41.0 Å². The van der Waals surface area contributed by atoms with Crippen LogP contribution >= 0.6 is 11.3 Å². The second-order valence-electron chi connectivity index (χ2n) is 6.00. The zero-order chi connectivity index (χ0) is 16.2. The van der Waals surface area contributed by atoms with E-state index in [9.17, 15) is 0 Å². The first-order valence-corrected chi connectivity index (χ1v) is 9.12. The van der Waals surface area contributed by atoms with E-state index >= 15 is 0 Å². The van der Waals surface area contributed by atoms with Gasteiger partial charge in [0.2, 0.25) is 0 Å². The second kappa shape index (κ2) is 7.09. The van der Waals surface area contributed by atoms with Crippen LogP contribution in [0.25, 0.3) is 21.3 Å². The van der Waals surface area contributed by atoms with Crippen LogP contribution in [0.5, 0.6) is 0 Å². The number of thiophene rings is 1. The van der Waals surface area contributed by atoms with E-state index in [4.69, 9.17) is 0 Å². The van der Waals surface area contributed by atoms with Gasteiger partial charge in [-0.15, -0.1) is 11.3 Å². The van der Waals surface area contributed by atoms with Crippen LogP contribution in [-0.4, -0.2) is 16.5 Å². The summed E-state index contributed by atoms with van der Waals surface area (Å²) < 4.78 is 0. The van der Waals surface area contributed by atoms with Crippen molar-refractivity contribution in [2.75, 3.05) is 11.9 Å². The number of hydrogen-bond acceptors (Lipinski definition) is 4. The summed E-state index contributed by atoms with van der Waals surface area (Å²) in [6, 6.07) is 6.61. The van der Waals surface area contributed by atoms with Crippen molar-refractivity contribution < 1.29 is 0 Å². The van der Waals surface area contributed by atoms with E-state index in [1.165, 1.54) is 41.5 Å². The molecule has 1 aromatic carbocycles. The Kier molecular flexibility index (Phi) is 4.91. The van der Waals surface area contributed by atoms with E-state index in [-0.39, 0.29) is 0 Å². The summed E-state index contributed by atoms with van der Waals surface area (Å²) in [6.07, 6.45) is 5.31. The highest BCUT2D eigenvalue weighted by Crippen LogP contribution is 2.37. The van der Waals surface area contributed by atoms with Gasteiger partial charge in [0.05, 0.1) is 5.39 Å². The van der Waals surface area contributed by atoms with Gasteiger partial charge < -0.3 is 5.32 Å². The van der Waals surface area contributed by atoms with Crippen molar-refractivity contribution >= 4 is 27.4 Å². The molecule has 0 amide bonds. The molecule has 0 bridgehead atoms. The molecule has 0 aliphatic rings. The normalized spacial score (nSPS) is 11.1. The molecule has 0 aliphatic carbocycles. The molecule has 0 saturated heterocycles. The van der Waals surface area contributed by atoms with Crippen LogP contribution in [-0.2, 0) is 0 Å². The molecule has 1 N–H and O–H groups in total. The molecule has 3 nitrogen and oxygen atoms in total. The van der Waals surface area contributed by atoms with E-state index in [0.717, 1.165) is 22.6 Å². The molecule has 3 aromatic rings. The third kappa shape index (κ3) is 3.37. The molecule has 2 heterocycles. The number of nitrogens with one attached hydrogen (secondary N) is 1. The van der Waals surface area contributed by atoms with Crippen LogP contribution in [0.1, 0.15) is 37.3 Å². The smallest absolute Gasteiger partial charge is 0.138 e. The summed E-state index contributed by atoms with van der Waals surface area (Å²) in [5.74, 6) is 0.960. The van der Waals surface area contributed by atoms with Crippen LogP contribution in [0.2, 0.25) is 0 Å². The number of rotatable bonds is 6. The maximum absolute atomic E-state index is 4.49. The fraction of sp³-hybridized carbons (Fsp3) is 0.368. The van der Waals surface area contributed by atoms with E-state index in [2.05, 4.69) is 59.6 Å².